The highest BCUT2D eigenvalue weighted by Crippen LogP contribution is 2.56. The number of allylic oxidation sites excluding steroid dienone is 6. The maximum atomic E-state index is 7.28. The molecule has 0 saturated heterocycles. The molecule has 60 heavy (non-hydrogen) atoms. The third kappa shape index (κ3) is 6.96. The summed E-state index contributed by atoms with van der Waals surface area (Å²) in [6.45, 7) is 13.6. The Bertz CT molecular complexity index is 3040. The van der Waals surface area contributed by atoms with Crippen molar-refractivity contribution in [1.29, 1.82) is 0 Å². The van der Waals surface area contributed by atoms with Crippen LogP contribution in [0.25, 0.3) is 54.6 Å². The van der Waals surface area contributed by atoms with E-state index in [1.807, 2.05) is 72.8 Å². The molecule has 8 heteroatoms. The van der Waals surface area contributed by atoms with Crippen LogP contribution in [0.5, 0.6) is 5.75 Å². The van der Waals surface area contributed by atoms with Crippen LogP contribution in [-0.2, 0) is 5.41 Å². The van der Waals surface area contributed by atoms with E-state index in [1.165, 1.54) is 22.1 Å². The molecule has 6 aromatic carbocycles. The summed E-state index contributed by atoms with van der Waals surface area (Å²) < 4.78 is 41.5. The van der Waals surface area contributed by atoms with E-state index in [4.69, 9.17) is 25.8 Å². The lowest BCUT2D eigenvalue weighted by Gasteiger charge is -2.40. The van der Waals surface area contributed by atoms with Gasteiger partial charge in [-0.15, -0.1) is 0 Å². The van der Waals surface area contributed by atoms with Crippen LogP contribution >= 0.6 is 16.5 Å². The highest BCUT2D eigenvalue weighted by atomic mass is 31.1. The van der Waals surface area contributed by atoms with Crippen LogP contribution in [0.2, 0.25) is 0 Å². The van der Waals surface area contributed by atoms with Crippen molar-refractivity contribution in [2.45, 2.75) is 65.7 Å². The highest BCUT2D eigenvalue weighted by Gasteiger charge is 2.42. The van der Waals surface area contributed by atoms with E-state index in [9.17, 15) is 0 Å². The van der Waals surface area contributed by atoms with Gasteiger partial charge in [0, 0.05) is 27.1 Å². The molecule has 0 N–H and O–H groups in total. The lowest BCUT2D eigenvalue weighted by atomic mass is 9.65. The first-order valence-electron chi connectivity index (χ1n) is 20.7. The maximum Gasteiger partial charge on any atom is 0.453 e. The van der Waals surface area contributed by atoms with Gasteiger partial charge in [0.2, 0.25) is 0 Å². The summed E-state index contributed by atoms with van der Waals surface area (Å²) in [4.78, 5) is 0. The van der Waals surface area contributed by atoms with Gasteiger partial charge < -0.3 is 25.8 Å². The Morgan fingerprint density at radius 3 is 1.47 bits per heavy atom. The second-order valence-electron chi connectivity index (χ2n) is 17.8. The molecule has 2 heterocycles. The molecular weight excluding hydrogens is 783 g/mol. The molecule has 0 radical (unpaired) electrons. The van der Waals surface area contributed by atoms with Crippen LogP contribution < -0.4 is 9.05 Å². The Labute approximate surface area is 352 Å². The van der Waals surface area contributed by atoms with E-state index in [0.717, 1.165) is 73.4 Å². The first kappa shape index (κ1) is 38.4. The van der Waals surface area contributed by atoms with E-state index in [1.54, 1.807) is 0 Å². The largest absolute Gasteiger partial charge is 0.453 e. The third-order valence-electron chi connectivity index (χ3n) is 11.8. The molecule has 10 rings (SSSR count). The topological polar surface area (TPSA) is 71.0 Å². The van der Waals surface area contributed by atoms with E-state index in [2.05, 4.69) is 114 Å². The average Bonchev–Trinajstić information content (AvgIpc) is 3.50. The van der Waals surface area contributed by atoms with Crippen molar-refractivity contribution >= 4 is 71.1 Å². The second kappa shape index (κ2) is 15.0. The average molecular weight is 831 g/mol. The molecule has 0 bridgehead atoms. The number of para-hydroxylation sites is 4. The number of rotatable bonds is 5. The normalized spacial score (nSPS) is 17.0. The smallest absolute Gasteiger partial charge is 0.395 e. The van der Waals surface area contributed by atoms with Gasteiger partial charge in [-0.25, -0.2) is 0 Å². The monoisotopic (exact) mass is 830 g/mol. The molecule has 2 aromatic heterocycles. The Balaban J connectivity index is 1.26. The summed E-state index contributed by atoms with van der Waals surface area (Å²) in [5, 5.41) is 6.15. The quantitative estimate of drug-likeness (QED) is 0.172. The fourth-order valence-corrected chi connectivity index (χ4v) is 11.2. The minimum absolute atomic E-state index is 0.0715. The molecule has 2 atom stereocenters. The second-order valence-corrected chi connectivity index (χ2v) is 19.8. The molecule has 0 aliphatic heterocycles. The first-order chi connectivity index (χ1) is 29.0. The lowest BCUT2D eigenvalue weighted by molar-refractivity contribution is 0.352. The van der Waals surface area contributed by atoms with E-state index in [0.29, 0.717) is 5.75 Å². The molecule has 2 aliphatic carbocycles. The number of benzene rings is 6. The zero-order chi connectivity index (χ0) is 41.2. The SMILES string of the molecule is CC(C)(C)C1=C2C=CCCC2C(c2c(Op3oc4ccccc4c4ccccc4o3)cc(C(C)(C)C)c3ccccc23)C(Op2oc3ccccc3c3ccccc3o2)=C1. The van der Waals surface area contributed by atoms with Crippen LogP contribution in [0.4, 0.5) is 0 Å². The van der Waals surface area contributed by atoms with Crippen molar-refractivity contribution < 1.29 is 25.8 Å². The minimum atomic E-state index is -1.96. The molecule has 2 aliphatic rings. The summed E-state index contributed by atoms with van der Waals surface area (Å²) in [7, 11) is -3.90. The van der Waals surface area contributed by atoms with Crippen molar-refractivity contribution in [3.8, 4) is 5.75 Å². The summed E-state index contributed by atoms with van der Waals surface area (Å²) in [5.74, 6) is 1.30. The highest BCUT2D eigenvalue weighted by molar-refractivity contribution is 7.32. The van der Waals surface area contributed by atoms with E-state index >= 15 is 0 Å². The number of fused-ring (bicyclic) bond motifs is 8. The number of hydrogen-bond donors (Lipinski definition) is 0. The Morgan fingerprint density at radius 2 is 0.983 bits per heavy atom. The van der Waals surface area contributed by atoms with Crippen LogP contribution in [0, 0.1) is 11.3 Å². The molecule has 0 saturated carbocycles. The van der Waals surface area contributed by atoms with Gasteiger partial charge in [-0.1, -0.05) is 151 Å². The lowest BCUT2D eigenvalue weighted by Crippen LogP contribution is -2.29. The van der Waals surface area contributed by atoms with Gasteiger partial charge in [-0.05, 0) is 93.5 Å². The Kier molecular flexibility index (Phi) is 9.62. The van der Waals surface area contributed by atoms with Gasteiger partial charge in [-0.2, -0.15) is 0 Å². The minimum Gasteiger partial charge on any atom is -0.395 e. The zero-order valence-corrected chi connectivity index (χ0v) is 36.6. The van der Waals surface area contributed by atoms with Gasteiger partial charge in [0.05, 0.1) is 5.92 Å². The maximum absolute atomic E-state index is 7.28. The first-order valence-corrected chi connectivity index (χ1v) is 22.9. The molecule has 6 nitrogen and oxygen atoms in total. The molecule has 0 fully saturated rings. The van der Waals surface area contributed by atoms with Gasteiger partial charge in [-0.3, -0.25) is 0 Å². The van der Waals surface area contributed by atoms with Crippen molar-refractivity contribution in [3.63, 3.8) is 0 Å². The summed E-state index contributed by atoms with van der Waals surface area (Å²) in [5.41, 5.74) is 7.28. The summed E-state index contributed by atoms with van der Waals surface area (Å²) in [6, 6.07) is 43.3. The molecule has 2 unspecified atom stereocenters. The zero-order valence-electron chi connectivity index (χ0n) is 34.8. The fourth-order valence-electron chi connectivity index (χ4n) is 9.05. The van der Waals surface area contributed by atoms with Crippen molar-refractivity contribution in [2.24, 2.45) is 11.3 Å². The van der Waals surface area contributed by atoms with Gasteiger partial charge in [0.25, 0.3) is 0 Å². The van der Waals surface area contributed by atoms with Crippen molar-refractivity contribution in [2.75, 3.05) is 0 Å². The van der Waals surface area contributed by atoms with E-state index < -0.39 is 16.5 Å². The fraction of sp³-hybridized carbons (Fsp3) is 0.231. The van der Waals surface area contributed by atoms with Gasteiger partial charge >= 0.3 is 16.5 Å². The van der Waals surface area contributed by atoms with Crippen molar-refractivity contribution in [1.82, 2.24) is 0 Å². The van der Waals surface area contributed by atoms with Gasteiger partial charge in [0.15, 0.2) is 0 Å². The van der Waals surface area contributed by atoms with Crippen LogP contribution in [0.3, 0.4) is 0 Å². The van der Waals surface area contributed by atoms with Crippen LogP contribution in [-0.4, -0.2) is 0 Å². The molecular formula is C52H48O6P2. The number of hydrogen-bond acceptors (Lipinski definition) is 6. The summed E-state index contributed by atoms with van der Waals surface area (Å²) >= 11 is 0. The Morgan fingerprint density at radius 1 is 0.533 bits per heavy atom. The predicted octanol–water partition coefficient (Wildman–Crippen LogP) is 16.6. The predicted molar refractivity (Wildman–Crippen MR) is 247 cm³/mol. The van der Waals surface area contributed by atoms with Gasteiger partial charge in [0.1, 0.15) is 33.8 Å². The van der Waals surface area contributed by atoms with Crippen LogP contribution in [0.15, 0.2) is 179 Å². The molecule has 0 spiro atoms. The standard InChI is InChI=1S/C52H48O6P2/c1-51(2,3)41-31-47(57-59-53-43-27-15-11-21-35(43)36-22-12-16-28-44(36)54-59)49(39-25-9-7-19-33(39)41)50-40-26-10-8-20-34(40)42(52(4,5)6)32-48(50)58-60-55-45-29-17-13-23-37(45)38-24-14-18-30-46(38)56-60/h7-9,11-25,27-32,40,50H,10,26H2,1-6H3. The van der Waals surface area contributed by atoms with E-state index in [-0.39, 0.29) is 22.7 Å². The molecule has 8 aromatic rings. The molecule has 302 valence electrons. The summed E-state index contributed by atoms with van der Waals surface area (Å²) in [6.07, 6.45) is 8.79. The van der Waals surface area contributed by atoms with Crippen molar-refractivity contribution in [3.05, 3.63) is 174 Å². The van der Waals surface area contributed by atoms with Crippen LogP contribution in [0.1, 0.15) is 71.4 Å². The Hall–Kier alpha value is -5.80. The third-order valence-corrected chi connectivity index (χ3v) is 13.9. The molecule has 0 amide bonds.